The van der Waals surface area contributed by atoms with Crippen LogP contribution in [0.15, 0.2) is 36.4 Å². The minimum atomic E-state index is -4.06. The van der Waals surface area contributed by atoms with Gasteiger partial charge in [0.05, 0.1) is 16.9 Å². The summed E-state index contributed by atoms with van der Waals surface area (Å²) in [7, 11) is -4.06. The Morgan fingerprint density at radius 3 is 2.27 bits per heavy atom. The number of aryl methyl sites for hydroxylation is 1. The van der Waals surface area contributed by atoms with E-state index >= 15 is 0 Å². The Hall–Kier alpha value is -2.89. The minimum absolute atomic E-state index is 0.00995. The van der Waals surface area contributed by atoms with Crippen molar-refractivity contribution in [1.82, 2.24) is 10.2 Å². The molecule has 0 spiro atoms. The molecule has 202 valence electrons. The Bertz CT molecular complexity index is 1250. The first kappa shape index (κ1) is 30.3. The van der Waals surface area contributed by atoms with Gasteiger partial charge in [-0.1, -0.05) is 49.2 Å². The summed E-state index contributed by atoms with van der Waals surface area (Å²) in [5, 5.41) is 14.7. The summed E-state index contributed by atoms with van der Waals surface area (Å²) in [6, 6.07) is 7.64. The molecular formula is C24H30Cl2N4O6S. The zero-order valence-corrected chi connectivity index (χ0v) is 23.4. The summed E-state index contributed by atoms with van der Waals surface area (Å²) in [6.45, 7) is 4.74. The van der Waals surface area contributed by atoms with Crippen molar-refractivity contribution in [3.05, 3.63) is 67.7 Å². The zero-order valence-electron chi connectivity index (χ0n) is 21.0. The quantitative estimate of drug-likeness (QED) is 0.298. The van der Waals surface area contributed by atoms with Crippen LogP contribution in [0.25, 0.3) is 0 Å². The summed E-state index contributed by atoms with van der Waals surface area (Å²) in [4.78, 5) is 38.6. The van der Waals surface area contributed by atoms with Gasteiger partial charge in [-0.3, -0.25) is 24.0 Å². The number of sulfonamides is 1. The van der Waals surface area contributed by atoms with Crippen molar-refractivity contribution >= 4 is 56.4 Å². The molecule has 0 aliphatic heterocycles. The second-order valence-electron chi connectivity index (χ2n) is 8.43. The topological polar surface area (TPSA) is 130 Å². The lowest BCUT2D eigenvalue weighted by molar-refractivity contribution is -0.384. The number of anilines is 1. The number of nitro groups is 1. The molecule has 10 nitrogen and oxygen atoms in total. The van der Waals surface area contributed by atoms with Crippen molar-refractivity contribution < 1.29 is 22.9 Å². The van der Waals surface area contributed by atoms with Crippen LogP contribution < -0.4 is 9.62 Å². The highest BCUT2D eigenvalue weighted by atomic mass is 35.5. The van der Waals surface area contributed by atoms with Crippen LogP contribution in [0.4, 0.5) is 11.4 Å². The van der Waals surface area contributed by atoms with Gasteiger partial charge >= 0.3 is 0 Å². The van der Waals surface area contributed by atoms with E-state index in [2.05, 4.69) is 5.32 Å². The number of rotatable bonds is 12. The molecule has 0 saturated carbocycles. The van der Waals surface area contributed by atoms with E-state index in [0.717, 1.165) is 16.6 Å². The molecule has 37 heavy (non-hydrogen) atoms. The number of hydrogen-bond acceptors (Lipinski definition) is 6. The Kier molecular flexibility index (Phi) is 10.7. The lowest BCUT2D eigenvalue weighted by atomic mass is 10.1. The molecule has 0 fully saturated rings. The first-order chi connectivity index (χ1) is 17.3. The van der Waals surface area contributed by atoms with Crippen LogP contribution in [0.5, 0.6) is 0 Å². The van der Waals surface area contributed by atoms with Gasteiger partial charge in [0.15, 0.2) is 0 Å². The predicted octanol–water partition coefficient (Wildman–Crippen LogP) is 4.31. The standard InChI is InChI=1S/C24H30Cl2N4O6S/c1-5-12-27-24(32)21(6-2)28(14-18-19(25)8-7-9-20(18)26)23(31)15-29(37(4,35)36)22-13-17(30(33)34)11-10-16(22)3/h7-11,13,21H,5-6,12,14-15H2,1-4H3,(H,27,32)/t21-/m0/s1. The maximum Gasteiger partial charge on any atom is 0.271 e. The van der Waals surface area contributed by atoms with E-state index in [9.17, 15) is 28.1 Å². The third-order valence-electron chi connectivity index (χ3n) is 5.68. The Morgan fingerprint density at radius 1 is 1.14 bits per heavy atom. The van der Waals surface area contributed by atoms with Gasteiger partial charge < -0.3 is 10.2 Å². The molecule has 0 aromatic heterocycles. The SMILES string of the molecule is CCCNC(=O)[C@H](CC)N(Cc1c(Cl)cccc1Cl)C(=O)CN(c1cc([N+](=O)[O-])ccc1C)S(C)(=O)=O. The molecule has 0 aliphatic rings. The number of benzene rings is 2. The molecule has 0 unspecified atom stereocenters. The average Bonchev–Trinajstić information content (AvgIpc) is 2.82. The fraction of sp³-hybridized carbons (Fsp3) is 0.417. The van der Waals surface area contributed by atoms with Gasteiger partial charge in [-0.05, 0) is 37.5 Å². The van der Waals surface area contributed by atoms with Crippen molar-refractivity contribution in [3.63, 3.8) is 0 Å². The molecule has 0 saturated heterocycles. The van der Waals surface area contributed by atoms with Crippen LogP contribution in [-0.4, -0.2) is 55.4 Å². The normalized spacial score (nSPS) is 12.1. The lowest BCUT2D eigenvalue weighted by Crippen LogP contribution is -2.52. The highest BCUT2D eigenvalue weighted by Crippen LogP contribution is 2.30. The van der Waals surface area contributed by atoms with Crippen molar-refractivity contribution in [2.45, 2.75) is 46.2 Å². The molecule has 2 aromatic rings. The average molecular weight is 573 g/mol. The second-order valence-corrected chi connectivity index (χ2v) is 11.2. The summed E-state index contributed by atoms with van der Waals surface area (Å²) < 4.78 is 26.3. The Morgan fingerprint density at radius 2 is 1.76 bits per heavy atom. The highest BCUT2D eigenvalue weighted by Gasteiger charge is 2.33. The van der Waals surface area contributed by atoms with E-state index in [1.54, 1.807) is 32.0 Å². The fourth-order valence-electron chi connectivity index (χ4n) is 3.71. The van der Waals surface area contributed by atoms with E-state index in [0.29, 0.717) is 24.1 Å². The number of carbonyl (C=O) groups excluding carboxylic acids is 2. The molecule has 2 rings (SSSR count). The number of non-ortho nitro benzene ring substituents is 1. The van der Waals surface area contributed by atoms with E-state index < -0.39 is 39.3 Å². The van der Waals surface area contributed by atoms with Gasteiger partial charge in [-0.2, -0.15) is 0 Å². The number of nitrogens with zero attached hydrogens (tertiary/aromatic N) is 3. The fourth-order valence-corrected chi connectivity index (χ4v) is 5.13. The zero-order chi connectivity index (χ0) is 27.9. The predicted molar refractivity (Wildman–Crippen MR) is 144 cm³/mol. The number of hydrogen-bond donors (Lipinski definition) is 1. The third kappa shape index (κ3) is 7.80. The number of nitrogens with one attached hydrogen (secondary N) is 1. The summed E-state index contributed by atoms with van der Waals surface area (Å²) in [5.74, 6) is -1.11. The van der Waals surface area contributed by atoms with Crippen molar-refractivity contribution in [2.24, 2.45) is 0 Å². The van der Waals surface area contributed by atoms with Crippen molar-refractivity contribution in [1.29, 1.82) is 0 Å². The first-order valence-corrected chi connectivity index (χ1v) is 14.1. The Labute approximate surface area is 226 Å². The largest absolute Gasteiger partial charge is 0.354 e. The summed E-state index contributed by atoms with van der Waals surface area (Å²) in [6.07, 6.45) is 1.82. The van der Waals surface area contributed by atoms with Crippen LogP contribution in [0.2, 0.25) is 10.0 Å². The van der Waals surface area contributed by atoms with Crippen molar-refractivity contribution in [3.8, 4) is 0 Å². The molecular weight excluding hydrogens is 543 g/mol. The maximum atomic E-state index is 13.7. The molecule has 1 N–H and O–H groups in total. The smallest absolute Gasteiger partial charge is 0.271 e. The molecule has 2 amide bonds. The van der Waals surface area contributed by atoms with Gasteiger partial charge in [-0.15, -0.1) is 0 Å². The van der Waals surface area contributed by atoms with Gasteiger partial charge in [0.25, 0.3) is 5.69 Å². The summed E-state index contributed by atoms with van der Waals surface area (Å²) >= 11 is 12.7. The second kappa shape index (κ2) is 13.1. The van der Waals surface area contributed by atoms with Gasteiger partial charge in [0, 0.05) is 40.8 Å². The Balaban J connectivity index is 2.57. The molecule has 0 radical (unpaired) electrons. The van der Waals surface area contributed by atoms with E-state index in [1.165, 1.54) is 17.0 Å². The van der Waals surface area contributed by atoms with Crippen molar-refractivity contribution in [2.75, 3.05) is 23.7 Å². The molecule has 1 atom stereocenters. The molecule has 13 heteroatoms. The third-order valence-corrected chi connectivity index (χ3v) is 7.51. The van der Waals surface area contributed by atoms with E-state index in [1.807, 2.05) is 6.92 Å². The first-order valence-electron chi connectivity index (χ1n) is 11.5. The number of amides is 2. The lowest BCUT2D eigenvalue weighted by Gasteiger charge is -2.33. The number of nitro benzene ring substituents is 1. The molecule has 2 aromatic carbocycles. The van der Waals surface area contributed by atoms with Crippen LogP contribution >= 0.6 is 23.2 Å². The molecule has 0 aliphatic carbocycles. The number of carbonyl (C=O) groups is 2. The summed E-state index contributed by atoms with van der Waals surface area (Å²) in [5.41, 5.74) is 0.478. The maximum absolute atomic E-state index is 13.7. The van der Waals surface area contributed by atoms with Crippen LogP contribution in [0.3, 0.4) is 0 Å². The molecule has 0 bridgehead atoms. The van der Waals surface area contributed by atoms with Crippen LogP contribution in [-0.2, 0) is 26.2 Å². The van der Waals surface area contributed by atoms with Crippen LogP contribution in [0.1, 0.15) is 37.8 Å². The van der Waals surface area contributed by atoms with Crippen LogP contribution in [0, 0.1) is 17.0 Å². The van der Waals surface area contributed by atoms with E-state index in [4.69, 9.17) is 23.2 Å². The van der Waals surface area contributed by atoms with Gasteiger partial charge in [0.1, 0.15) is 12.6 Å². The molecule has 0 heterocycles. The van der Waals surface area contributed by atoms with E-state index in [-0.39, 0.29) is 34.4 Å². The monoisotopic (exact) mass is 572 g/mol. The minimum Gasteiger partial charge on any atom is -0.354 e. The van der Waals surface area contributed by atoms with Gasteiger partial charge in [-0.25, -0.2) is 8.42 Å². The highest BCUT2D eigenvalue weighted by molar-refractivity contribution is 7.92. The van der Waals surface area contributed by atoms with Gasteiger partial charge in [0.2, 0.25) is 21.8 Å². The number of halogens is 2.